The molecule has 0 atom stereocenters. The van der Waals surface area contributed by atoms with Gasteiger partial charge in [-0.25, -0.2) is 16.8 Å². The van der Waals surface area contributed by atoms with Crippen LogP contribution in [0.3, 0.4) is 0 Å². The van der Waals surface area contributed by atoms with Crippen LogP contribution in [0.2, 0.25) is 0 Å². The molecule has 1 amide bonds. The van der Waals surface area contributed by atoms with E-state index in [1.54, 1.807) is 85.2 Å². The summed E-state index contributed by atoms with van der Waals surface area (Å²) in [6.07, 6.45) is 12.1. The van der Waals surface area contributed by atoms with Gasteiger partial charge in [0.25, 0.3) is 6.47 Å². The first-order valence-corrected chi connectivity index (χ1v) is 28.4. The third-order valence-electron chi connectivity index (χ3n) is 13.8. The molecule has 19 nitrogen and oxygen atoms in total. The van der Waals surface area contributed by atoms with Crippen LogP contribution in [0.5, 0.6) is 11.5 Å². The number of aromatic nitrogens is 2. The monoisotopic (exact) mass is 1100 g/mol. The topological polar surface area (TPSA) is 191 Å². The molecule has 2 aromatic carbocycles. The maximum Gasteiger partial charge on any atom is 0.294 e. The van der Waals surface area contributed by atoms with Crippen molar-refractivity contribution in [1.82, 2.24) is 38.6 Å². The van der Waals surface area contributed by atoms with E-state index < -0.39 is 20.0 Å². The first kappa shape index (κ1) is 64.9. The summed E-state index contributed by atoms with van der Waals surface area (Å²) in [5, 5.41) is 3.26. The fraction of sp³-hybridized carbons (Fsp3) is 0.564. The Bertz CT molecular complexity index is 2560. The van der Waals surface area contributed by atoms with Gasteiger partial charge in [-0.3, -0.25) is 29.4 Å². The summed E-state index contributed by atoms with van der Waals surface area (Å²) in [4.78, 5) is 42.0. The van der Waals surface area contributed by atoms with Crippen LogP contribution in [0.25, 0.3) is 0 Å². The van der Waals surface area contributed by atoms with E-state index in [0.717, 1.165) is 44.9 Å². The molecule has 2 aromatic heterocycles. The maximum absolute atomic E-state index is 13.2. The summed E-state index contributed by atoms with van der Waals surface area (Å²) < 4.78 is 69.7. The number of sulfonamides is 2. The smallest absolute Gasteiger partial charge is 0.294 e. The number of likely N-dealkylation sites (N-methyl/N-ethyl adjacent to an activating group) is 5. The maximum atomic E-state index is 13.2. The van der Waals surface area contributed by atoms with E-state index in [1.807, 2.05) is 67.9 Å². The highest BCUT2D eigenvalue weighted by Crippen LogP contribution is 2.30. The molecule has 2 aliphatic rings. The molecule has 4 aromatic rings. The van der Waals surface area contributed by atoms with Gasteiger partial charge in [0.05, 0.1) is 30.6 Å². The zero-order valence-corrected chi connectivity index (χ0v) is 48.1. The van der Waals surface area contributed by atoms with Crippen LogP contribution in [0, 0.1) is 39.5 Å². The molecule has 1 N–H and O–H groups in total. The number of carbonyl (C=O) groups excluding carboxylic acids is 2. The number of rotatable bonds is 23. The number of hydrogen-bond donors (Lipinski definition) is 1. The van der Waals surface area contributed by atoms with Gasteiger partial charge in [0.1, 0.15) is 18.2 Å². The molecule has 0 spiro atoms. The number of ether oxygens (including phenoxy) is 3. The molecule has 0 bridgehead atoms. The third kappa shape index (κ3) is 19.2. The summed E-state index contributed by atoms with van der Waals surface area (Å²) in [6, 6.07) is 15.1. The number of aryl methyl sites for hydroxylation is 4. The number of nitrogens with one attached hydrogen (secondary N) is 1. The van der Waals surface area contributed by atoms with E-state index in [1.165, 1.54) is 53.0 Å². The van der Waals surface area contributed by atoms with E-state index >= 15 is 0 Å². The lowest BCUT2D eigenvalue weighted by Crippen LogP contribution is -2.43. The van der Waals surface area contributed by atoms with Crippen molar-refractivity contribution < 1.29 is 40.6 Å². The molecule has 0 radical (unpaired) electrons. The van der Waals surface area contributed by atoms with E-state index in [4.69, 9.17) is 9.47 Å². The van der Waals surface area contributed by atoms with Crippen molar-refractivity contribution >= 4 is 43.8 Å². The Balaban J connectivity index is 0.000000331. The first-order valence-electron chi connectivity index (χ1n) is 25.5. The second kappa shape index (κ2) is 31.7. The van der Waals surface area contributed by atoms with Gasteiger partial charge < -0.3 is 34.2 Å². The Morgan fingerprint density at radius 2 is 1.03 bits per heavy atom. The van der Waals surface area contributed by atoms with Gasteiger partial charge in [-0.05, 0) is 164 Å². The molecule has 0 aliphatic carbocycles. The van der Waals surface area contributed by atoms with Crippen LogP contribution < -0.4 is 24.6 Å². The minimum atomic E-state index is -3.66. The number of hydrogen-bond acceptors (Lipinski definition) is 16. The lowest BCUT2D eigenvalue weighted by atomic mass is 9.96. The Morgan fingerprint density at radius 3 is 1.39 bits per heavy atom. The standard InChI is InChI=1S/C27H41N5O4S.C15H24N2O5S.C12H19N3.CH4/c1-21-17-25(36-6)18-22(2)27(21)37(34,35)31(5)16-15-29(3)20-26(33)30(4)19-23-9-13-32(14-10-23)24-7-11-28-12-8-24;1-12-8-14(21-5)9-13(2)15(12)23(19,20)17(4)7-6-16(3)10-22-11-18;1-13-10-11-4-8-15(9-5-11)12-2-6-14-7-3-12;/h7-8,11-12,17-18,23H,9-10,13-16,19-20H2,1-6H3;8-9,11H,6-7,10H2,1-5H3;2-3,6-7,11,13H,4-5,8-10H2,1H3;1H4. The molecule has 2 saturated heterocycles. The van der Waals surface area contributed by atoms with Crippen molar-refractivity contribution in [2.45, 2.75) is 70.6 Å². The number of nitrogens with zero attached hydrogens (tertiary/aromatic N) is 9. The summed E-state index contributed by atoms with van der Waals surface area (Å²) in [6.45, 7) is 15.5. The van der Waals surface area contributed by atoms with Gasteiger partial charge in [0.15, 0.2) is 0 Å². The zero-order chi connectivity index (χ0) is 55.3. The van der Waals surface area contributed by atoms with Gasteiger partial charge in [-0.15, -0.1) is 0 Å². The molecule has 2 aliphatic heterocycles. The second-order valence-corrected chi connectivity index (χ2v) is 23.6. The fourth-order valence-corrected chi connectivity index (χ4v) is 12.5. The van der Waals surface area contributed by atoms with Crippen LogP contribution in [-0.4, -0.2) is 198 Å². The number of anilines is 2. The molecule has 424 valence electrons. The highest BCUT2D eigenvalue weighted by molar-refractivity contribution is 7.89. The van der Waals surface area contributed by atoms with E-state index in [9.17, 15) is 26.4 Å². The summed E-state index contributed by atoms with van der Waals surface area (Å²) in [7, 11) is 6.46. The highest BCUT2D eigenvalue weighted by atomic mass is 32.2. The molecule has 4 heterocycles. The average Bonchev–Trinajstić information content (AvgIpc) is 3.39. The minimum absolute atomic E-state index is 0. The van der Waals surface area contributed by atoms with Gasteiger partial charge in [0, 0.05) is 116 Å². The minimum Gasteiger partial charge on any atom is -0.497 e. The van der Waals surface area contributed by atoms with E-state index in [2.05, 4.69) is 42.0 Å². The lowest BCUT2D eigenvalue weighted by Gasteiger charge is -2.35. The molecule has 76 heavy (non-hydrogen) atoms. The van der Waals surface area contributed by atoms with E-state index in [0.29, 0.717) is 69.0 Å². The molecular weight excluding hydrogens is 1010 g/mol. The third-order valence-corrected chi connectivity index (χ3v) is 18.1. The lowest BCUT2D eigenvalue weighted by molar-refractivity contribution is -0.133. The van der Waals surface area contributed by atoms with Gasteiger partial charge in [-0.2, -0.15) is 8.61 Å². The Hall–Kier alpha value is -5.42. The van der Waals surface area contributed by atoms with E-state index in [-0.39, 0.29) is 39.7 Å². The summed E-state index contributed by atoms with van der Waals surface area (Å²) in [5.41, 5.74) is 5.11. The molecule has 0 saturated carbocycles. The Morgan fingerprint density at radius 1 is 0.645 bits per heavy atom. The number of benzene rings is 2. The number of pyridine rings is 2. The number of methoxy groups -OCH3 is 2. The quantitative estimate of drug-likeness (QED) is 0.0694. The number of amides is 1. The average molecular weight is 1100 g/mol. The Labute approximate surface area is 455 Å². The van der Waals surface area contributed by atoms with Crippen molar-refractivity contribution in [2.24, 2.45) is 11.8 Å². The summed E-state index contributed by atoms with van der Waals surface area (Å²) in [5.74, 6) is 2.65. The van der Waals surface area contributed by atoms with Crippen LogP contribution in [0.15, 0.2) is 83.1 Å². The van der Waals surface area contributed by atoms with Gasteiger partial charge in [-0.1, -0.05) is 7.43 Å². The van der Waals surface area contributed by atoms with Crippen LogP contribution in [0.1, 0.15) is 55.4 Å². The highest BCUT2D eigenvalue weighted by Gasteiger charge is 2.28. The zero-order valence-electron chi connectivity index (χ0n) is 46.5. The van der Waals surface area contributed by atoms with Crippen molar-refractivity contribution in [1.29, 1.82) is 0 Å². The van der Waals surface area contributed by atoms with Crippen LogP contribution >= 0.6 is 0 Å². The predicted octanol–water partition coefficient (Wildman–Crippen LogP) is 5.78. The SMILES string of the molecule is C.CNCC1CCN(c2ccncc2)CC1.COc1cc(C)c(S(=O)(=O)N(C)CCN(C)CC(=O)N(C)CC2CCN(c3ccncc3)CC2)c(C)c1.COc1cc(C)c(S(=O)(=O)N(C)CCN(C)COC=O)c(C)c1. The predicted molar refractivity (Wildman–Crippen MR) is 303 cm³/mol. The normalized spacial score (nSPS) is 14.4. The largest absolute Gasteiger partial charge is 0.497 e. The van der Waals surface area contributed by atoms with Gasteiger partial charge >= 0.3 is 0 Å². The van der Waals surface area contributed by atoms with Crippen molar-refractivity contribution in [3.8, 4) is 11.5 Å². The first-order chi connectivity index (χ1) is 35.7. The molecule has 6 rings (SSSR count). The number of piperidine rings is 2. The van der Waals surface area contributed by atoms with Crippen molar-refractivity contribution in [3.63, 3.8) is 0 Å². The van der Waals surface area contributed by atoms with Crippen molar-refractivity contribution in [2.75, 3.05) is 145 Å². The molecular formula is C55H88N10O9S2. The van der Waals surface area contributed by atoms with Crippen LogP contribution in [-0.2, 0) is 34.4 Å². The Kier molecular flexibility index (Phi) is 27.1. The molecule has 0 unspecified atom stereocenters. The molecule has 2 fully saturated rings. The van der Waals surface area contributed by atoms with Crippen molar-refractivity contribution in [3.05, 3.63) is 95.6 Å². The fourth-order valence-electron chi connectivity index (χ4n) is 9.36. The number of carbonyl (C=O) groups is 2. The van der Waals surface area contributed by atoms with Crippen LogP contribution in [0.4, 0.5) is 11.4 Å². The molecule has 21 heteroatoms. The van der Waals surface area contributed by atoms with Gasteiger partial charge in [0.2, 0.25) is 26.0 Å². The summed E-state index contributed by atoms with van der Waals surface area (Å²) >= 11 is 0. The second-order valence-electron chi connectivity index (χ2n) is 19.6.